The fourth-order valence-corrected chi connectivity index (χ4v) is 3.41. The van der Waals surface area contributed by atoms with E-state index in [1.807, 2.05) is 30.3 Å². The van der Waals surface area contributed by atoms with E-state index in [4.69, 9.17) is 16.3 Å². The van der Waals surface area contributed by atoms with E-state index < -0.39 is 11.9 Å². The van der Waals surface area contributed by atoms with Gasteiger partial charge in [-0.05, 0) is 36.4 Å². The maximum Gasteiger partial charge on any atom is 0.337 e. The lowest BCUT2D eigenvalue weighted by Gasteiger charge is -2.37. The van der Waals surface area contributed by atoms with Crippen LogP contribution in [0.5, 0.6) is 0 Å². The molecule has 1 heterocycles. The van der Waals surface area contributed by atoms with E-state index in [2.05, 4.69) is 15.1 Å². The van der Waals surface area contributed by atoms with Crippen molar-refractivity contribution < 1.29 is 19.4 Å². The van der Waals surface area contributed by atoms with Crippen molar-refractivity contribution in [3.63, 3.8) is 0 Å². The van der Waals surface area contributed by atoms with Gasteiger partial charge < -0.3 is 25.0 Å². The number of nitrogens with one attached hydrogen (secondary N) is 1. The van der Waals surface area contributed by atoms with Gasteiger partial charge in [0.2, 0.25) is 5.91 Å². The number of benzene rings is 2. The van der Waals surface area contributed by atoms with Crippen LogP contribution < -0.4 is 15.1 Å². The van der Waals surface area contributed by atoms with E-state index in [1.165, 1.54) is 7.11 Å². The molecule has 148 valence electrons. The monoisotopic (exact) mass is 403 g/mol. The number of anilines is 3. The molecule has 1 fully saturated rings. The van der Waals surface area contributed by atoms with Crippen LogP contribution in [-0.2, 0) is 9.53 Å². The summed E-state index contributed by atoms with van der Waals surface area (Å²) >= 11 is 6.08. The Labute approximate surface area is 168 Å². The first kappa shape index (κ1) is 20.0. The summed E-state index contributed by atoms with van der Waals surface area (Å²) in [5.74, 6) is -1.49. The number of carbonyl (C=O) groups excluding carboxylic acids is 1. The highest BCUT2D eigenvalue weighted by Gasteiger charge is 2.20. The minimum atomic E-state index is -1.09. The molecule has 2 N–H and O–H groups in total. The van der Waals surface area contributed by atoms with Crippen molar-refractivity contribution in [3.05, 3.63) is 53.1 Å². The predicted octanol–water partition coefficient (Wildman–Crippen LogP) is 2.95. The molecular formula is C20H22ClN3O4. The Morgan fingerprint density at radius 3 is 2.29 bits per heavy atom. The van der Waals surface area contributed by atoms with Crippen LogP contribution in [0.3, 0.4) is 0 Å². The molecule has 2 aromatic carbocycles. The Kier molecular flexibility index (Phi) is 6.38. The van der Waals surface area contributed by atoms with Gasteiger partial charge in [-0.15, -0.1) is 0 Å². The lowest BCUT2D eigenvalue weighted by molar-refractivity contribution is -0.119. The normalized spacial score (nSPS) is 14.1. The standard InChI is InChI=1S/C20H22ClN3O4/c1-28-13-19(25)22-18-6-5-16(12-17(18)20(26)27)24-9-7-23(8-10-24)15-4-2-3-14(21)11-15/h2-6,11-12H,7-10,13H2,1H3,(H,22,25)(H,26,27). The van der Waals surface area contributed by atoms with E-state index in [1.54, 1.807) is 12.1 Å². The van der Waals surface area contributed by atoms with Gasteiger partial charge in [0.05, 0.1) is 11.3 Å². The Bertz CT molecular complexity index is 866. The molecule has 8 heteroatoms. The predicted molar refractivity (Wildman–Crippen MR) is 110 cm³/mol. The van der Waals surface area contributed by atoms with Gasteiger partial charge in [-0.1, -0.05) is 17.7 Å². The van der Waals surface area contributed by atoms with Crippen molar-refractivity contribution in [2.24, 2.45) is 0 Å². The molecule has 3 rings (SSSR count). The summed E-state index contributed by atoms with van der Waals surface area (Å²) in [7, 11) is 1.41. The van der Waals surface area contributed by atoms with Gasteiger partial charge in [-0.3, -0.25) is 4.79 Å². The van der Waals surface area contributed by atoms with Crippen LogP contribution in [0.2, 0.25) is 5.02 Å². The Hall–Kier alpha value is -2.77. The van der Waals surface area contributed by atoms with Gasteiger partial charge in [0.1, 0.15) is 6.61 Å². The van der Waals surface area contributed by atoms with Gasteiger partial charge in [-0.2, -0.15) is 0 Å². The summed E-state index contributed by atoms with van der Waals surface area (Å²) in [6.07, 6.45) is 0. The van der Waals surface area contributed by atoms with Crippen LogP contribution in [0.4, 0.5) is 17.1 Å². The van der Waals surface area contributed by atoms with E-state index in [0.717, 1.165) is 37.6 Å². The molecule has 1 amide bonds. The molecule has 0 unspecified atom stereocenters. The smallest absolute Gasteiger partial charge is 0.337 e. The third kappa shape index (κ3) is 4.74. The van der Waals surface area contributed by atoms with Gasteiger partial charge in [-0.25, -0.2) is 4.79 Å². The first-order valence-corrected chi connectivity index (χ1v) is 9.27. The van der Waals surface area contributed by atoms with E-state index in [0.29, 0.717) is 5.02 Å². The number of halogens is 1. The quantitative estimate of drug-likeness (QED) is 0.771. The van der Waals surface area contributed by atoms with Crippen LogP contribution in [0, 0.1) is 0 Å². The molecule has 7 nitrogen and oxygen atoms in total. The number of carboxylic acid groups (broad SMARTS) is 1. The molecular weight excluding hydrogens is 382 g/mol. The summed E-state index contributed by atoms with van der Waals surface area (Å²) in [5, 5.41) is 12.8. The maximum absolute atomic E-state index is 11.7. The van der Waals surface area contributed by atoms with Gasteiger partial charge in [0.25, 0.3) is 0 Å². The number of aromatic carboxylic acids is 1. The summed E-state index contributed by atoms with van der Waals surface area (Å²) < 4.78 is 4.77. The number of carboxylic acids is 1. The van der Waals surface area contributed by atoms with Gasteiger partial charge >= 0.3 is 5.97 Å². The Morgan fingerprint density at radius 2 is 1.71 bits per heavy atom. The number of amides is 1. The molecule has 1 aliphatic rings. The van der Waals surface area contributed by atoms with Crippen molar-refractivity contribution in [1.82, 2.24) is 0 Å². The topological polar surface area (TPSA) is 82.1 Å². The van der Waals surface area contributed by atoms with Gasteiger partial charge in [0, 0.05) is 49.7 Å². The number of ether oxygens (including phenoxy) is 1. The molecule has 0 bridgehead atoms. The van der Waals surface area contributed by atoms with Crippen molar-refractivity contribution >= 4 is 40.5 Å². The Balaban J connectivity index is 1.71. The molecule has 0 radical (unpaired) electrons. The first-order valence-electron chi connectivity index (χ1n) is 8.89. The van der Waals surface area contributed by atoms with Crippen LogP contribution >= 0.6 is 11.6 Å². The molecule has 0 atom stereocenters. The highest BCUT2D eigenvalue weighted by Crippen LogP contribution is 2.26. The Morgan fingerprint density at radius 1 is 1.07 bits per heavy atom. The summed E-state index contributed by atoms with van der Waals surface area (Å²) in [4.78, 5) is 27.7. The summed E-state index contributed by atoms with van der Waals surface area (Å²) in [5.41, 5.74) is 2.21. The zero-order valence-corrected chi connectivity index (χ0v) is 16.3. The van der Waals surface area contributed by atoms with Crippen LogP contribution in [0.1, 0.15) is 10.4 Å². The van der Waals surface area contributed by atoms with Crippen molar-refractivity contribution in [1.29, 1.82) is 0 Å². The second-order valence-electron chi connectivity index (χ2n) is 6.47. The molecule has 28 heavy (non-hydrogen) atoms. The number of methoxy groups -OCH3 is 1. The third-order valence-electron chi connectivity index (χ3n) is 4.60. The molecule has 1 saturated heterocycles. The second kappa shape index (κ2) is 8.95. The lowest BCUT2D eigenvalue weighted by Crippen LogP contribution is -2.46. The number of nitrogens with zero attached hydrogens (tertiary/aromatic N) is 2. The zero-order chi connectivity index (χ0) is 20.1. The lowest BCUT2D eigenvalue weighted by atomic mass is 10.1. The number of piperazine rings is 1. The fraction of sp³-hybridized carbons (Fsp3) is 0.300. The third-order valence-corrected chi connectivity index (χ3v) is 4.84. The summed E-state index contributed by atoms with van der Waals surface area (Å²) in [6, 6.07) is 12.8. The molecule has 1 aliphatic heterocycles. The first-order chi connectivity index (χ1) is 13.5. The molecule has 0 saturated carbocycles. The maximum atomic E-state index is 11.7. The van der Waals surface area contributed by atoms with Crippen molar-refractivity contribution in [2.45, 2.75) is 0 Å². The highest BCUT2D eigenvalue weighted by molar-refractivity contribution is 6.30. The van der Waals surface area contributed by atoms with Crippen LogP contribution in [0.25, 0.3) is 0 Å². The van der Waals surface area contributed by atoms with Crippen LogP contribution in [0.15, 0.2) is 42.5 Å². The zero-order valence-electron chi connectivity index (χ0n) is 15.5. The van der Waals surface area contributed by atoms with E-state index in [9.17, 15) is 14.7 Å². The number of rotatable bonds is 6. The van der Waals surface area contributed by atoms with Crippen molar-refractivity contribution in [3.8, 4) is 0 Å². The molecule has 2 aromatic rings. The SMILES string of the molecule is COCC(=O)Nc1ccc(N2CCN(c3cccc(Cl)c3)CC2)cc1C(=O)O. The fourth-order valence-electron chi connectivity index (χ4n) is 3.23. The van der Waals surface area contributed by atoms with E-state index in [-0.39, 0.29) is 17.9 Å². The molecule has 0 spiro atoms. The molecule has 0 aromatic heterocycles. The largest absolute Gasteiger partial charge is 0.478 e. The van der Waals surface area contributed by atoms with Gasteiger partial charge in [0.15, 0.2) is 0 Å². The number of hydrogen-bond donors (Lipinski definition) is 2. The average molecular weight is 404 g/mol. The summed E-state index contributed by atoms with van der Waals surface area (Å²) in [6.45, 7) is 2.97. The number of carbonyl (C=O) groups is 2. The highest BCUT2D eigenvalue weighted by atomic mass is 35.5. The minimum Gasteiger partial charge on any atom is -0.478 e. The number of hydrogen-bond acceptors (Lipinski definition) is 5. The second-order valence-corrected chi connectivity index (χ2v) is 6.91. The molecule has 0 aliphatic carbocycles. The van der Waals surface area contributed by atoms with E-state index >= 15 is 0 Å². The minimum absolute atomic E-state index is 0.0548. The van der Waals surface area contributed by atoms with Crippen molar-refractivity contribution in [2.75, 3.05) is 55.0 Å². The van der Waals surface area contributed by atoms with Crippen LogP contribution in [-0.4, -0.2) is 56.9 Å². The average Bonchev–Trinajstić information content (AvgIpc) is 2.68.